The summed E-state index contributed by atoms with van der Waals surface area (Å²) < 4.78 is 0. The van der Waals surface area contributed by atoms with Crippen LogP contribution in [-0.4, -0.2) is 42.3 Å². The Bertz CT molecular complexity index is 411. The number of amides is 1. The first kappa shape index (κ1) is 12.3. The van der Waals surface area contributed by atoms with Crippen LogP contribution in [0.4, 0.5) is 10.5 Å². The Labute approximate surface area is 109 Å². The van der Waals surface area contributed by atoms with Gasteiger partial charge in [-0.1, -0.05) is 29.3 Å². The van der Waals surface area contributed by atoms with Gasteiger partial charge in [0.2, 0.25) is 0 Å². The molecular weight excluding hydrogens is 263 g/mol. The third kappa shape index (κ3) is 2.58. The highest BCUT2D eigenvalue weighted by molar-refractivity contribution is 6.39. The van der Waals surface area contributed by atoms with Gasteiger partial charge in [0.25, 0.3) is 0 Å². The summed E-state index contributed by atoms with van der Waals surface area (Å²) in [7, 11) is 0. The van der Waals surface area contributed by atoms with Crippen LogP contribution in [0.5, 0.6) is 0 Å². The average molecular weight is 275 g/mol. The predicted molar refractivity (Wildman–Crippen MR) is 68.3 cm³/mol. The number of halogens is 2. The molecule has 1 amide bonds. The van der Waals surface area contributed by atoms with Crippen molar-refractivity contribution in [1.29, 1.82) is 0 Å². The molecule has 1 N–H and O–H groups in total. The van der Waals surface area contributed by atoms with Crippen LogP contribution in [0.3, 0.4) is 0 Å². The molecule has 0 bridgehead atoms. The van der Waals surface area contributed by atoms with Crippen molar-refractivity contribution in [3.05, 3.63) is 28.2 Å². The van der Waals surface area contributed by atoms with Crippen LogP contribution in [0.1, 0.15) is 0 Å². The molecule has 4 nitrogen and oxygen atoms in total. The lowest BCUT2D eigenvalue weighted by Gasteiger charge is -2.35. The van der Waals surface area contributed by atoms with E-state index < -0.39 is 6.09 Å². The van der Waals surface area contributed by atoms with Gasteiger partial charge in [0.05, 0.1) is 15.7 Å². The van der Waals surface area contributed by atoms with E-state index in [1.807, 2.05) is 4.90 Å². The highest BCUT2D eigenvalue weighted by Gasteiger charge is 2.23. The summed E-state index contributed by atoms with van der Waals surface area (Å²) in [5.41, 5.74) is 0.792. The van der Waals surface area contributed by atoms with Crippen LogP contribution in [0.2, 0.25) is 10.0 Å². The Morgan fingerprint density at radius 2 is 1.65 bits per heavy atom. The topological polar surface area (TPSA) is 43.8 Å². The standard InChI is InChI=1S/C11H12Cl2N2O2/c12-8-2-1-3-9(13)10(8)14-4-6-15(7-5-14)11(16)17/h1-3H,4-7H2,(H,16,17). The van der Waals surface area contributed by atoms with Crippen molar-refractivity contribution in [3.8, 4) is 0 Å². The Hall–Kier alpha value is -1.13. The van der Waals surface area contributed by atoms with E-state index in [2.05, 4.69) is 0 Å². The molecule has 1 aromatic rings. The van der Waals surface area contributed by atoms with Crippen molar-refractivity contribution in [3.63, 3.8) is 0 Å². The zero-order valence-electron chi connectivity index (χ0n) is 9.07. The molecule has 17 heavy (non-hydrogen) atoms. The molecule has 0 unspecified atom stereocenters. The second-order valence-corrected chi connectivity index (χ2v) is 4.64. The number of hydrogen-bond acceptors (Lipinski definition) is 2. The van der Waals surface area contributed by atoms with Crippen molar-refractivity contribution < 1.29 is 9.90 Å². The molecule has 0 atom stereocenters. The van der Waals surface area contributed by atoms with Gasteiger partial charge in [-0.15, -0.1) is 0 Å². The number of nitrogens with zero attached hydrogens (tertiary/aromatic N) is 2. The largest absolute Gasteiger partial charge is 0.465 e. The zero-order chi connectivity index (χ0) is 12.4. The summed E-state index contributed by atoms with van der Waals surface area (Å²) in [5, 5.41) is 10.1. The first-order valence-corrected chi connectivity index (χ1v) is 6.02. The number of rotatable bonds is 1. The van der Waals surface area contributed by atoms with Crippen LogP contribution in [0, 0.1) is 0 Å². The van der Waals surface area contributed by atoms with Crippen LogP contribution in [-0.2, 0) is 0 Å². The van der Waals surface area contributed by atoms with Gasteiger partial charge in [-0.3, -0.25) is 0 Å². The summed E-state index contributed by atoms with van der Waals surface area (Å²) in [5.74, 6) is 0. The number of carbonyl (C=O) groups is 1. The molecule has 0 aliphatic carbocycles. The van der Waals surface area contributed by atoms with Gasteiger partial charge in [0.15, 0.2) is 0 Å². The van der Waals surface area contributed by atoms with E-state index in [4.69, 9.17) is 28.3 Å². The number of benzene rings is 1. The SMILES string of the molecule is O=C(O)N1CCN(c2c(Cl)cccc2Cl)CC1. The number of carboxylic acid groups (broad SMARTS) is 1. The van der Waals surface area contributed by atoms with E-state index >= 15 is 0 Å². The summed E-state index contributed by atoms with van der Waals surface area (Å²) in [6.45, 7) is 2.15. The average Bonchev–Trinajstić information content (AvgIpc) is 2.29. The van der Waals surface area contributed by atoms with E-state index in [1.54, 1.807) is 18.2 Å². The van der Waals surface area contributed by atoms with Crippen molar-refractivity contribution in [1.82, 2.24) is 4.90 Å². The number of para-hydroxylation sites is 1. The lowest BCUT2D eigenvalue weighted by Crippen LogP contribution is -2.48. The highest BCUT2D eigenvalue weighted by atomic mass is 35.5. The minimum Gasteiger partial charge on any atom is -0.465 e. The lowest BCUT2D eigenvalue weighted by atomic mass is 10.2. The Kier molecular flexibility index (Phi) is 3.64. The molecule has 1 aliphatic heterocycles. The number of piperazine rings is 1. The monoisotopic (exact) mass is 274 g/mol. The van der Waals surface area contributed by atoms with Crippen molar-refractivity contribution >= 4 is 35.0 Å². The molecule has 2 rings (SSSR count). The third-order valence-corrected chi connectivity index (χ3v) is 3.41. The van der Waals surface area contributed by atoms with E-state index in [1.165, 1.54) is 4.90 Å². The summed E-state index contributed by atoms with van der Waals surface area (Å²) in [6.07, 6.45) is -0.880. The smallest absolute Gasteiger partial charge is 0.407 e. The maximum absolute atomic E-state index is 10.8. The molecule has 1 fully saturated rings. The fourth-order valence-corrected chi connectivity index (χ4v) is 2.55. The van der Waals surface area contributed by atoms with Gasteiger partial charge in [-0.25, -0.2) is 4.79 Å². The van der Waals surface area contributed by atoms with Crippen molar-refractivity contribution in [2.24, 2.45) is 0 Å². The van der Waals surface area contributed by atoms with Gasteiger partial charge in [0, 0.05) is 26.2 Å². The second-order valence-electron chi connectivity index (χ2n) is 3.83. The zero-order valence-corrected chi connectivity index (χ0v) is 10.6. The minimum atomic E-state index is -0.880. The molecule has 1 heterocycles. The fraction of sp³-hybridized carbons (Fsp3) is 0.364. The van der Waals surface area contributed by atoms with Gasteiger partial charge in [-0.2, -0.15) is 0 Å². The lowest BCUT2D eigenvalue weighted by molar-refractivity contribution is 0.142. The normalized spacial score (nSPS) is 16.1. The van der Waals surface area contributed by atoms with E-state index in [0.29, 0.717) is 36.2 Å². The number of anilines is 1. The molecule has 0 radical (unpaired) electrons. The van der Waals surface area contributed by atoms with Gasteiger partial charge >= 0.3 is 6.09 Å². The molecule has 0 aromatic heterocycles. The summed E-state index contributed by atoms with van der Waals surface area (Å²) >= 11 is 12.2. The van der Waals surface area contributed by atoms with Crippen LogP contribution in [0.25, 0.3) is 0 Å². The summed E-state index contributed by atoms with van der Waals surface area (Å²) in [6, 6.07) is 5.36. The maximum Gasteiger partial charge on any atom is 0.407 e. The first-order chi connectivity index (χ1) is 8.09. The van der Waals surface area contributed by atoms with E-state index in [0.717, 1.165) is 5.69 Å². The molecule has 1 saturated heterocycles. The van der Waals surface area contributed by atoms with Crippen LogP contribution < -0.4 is 4.90 Å². The first-order valence-electron chi connectivity index (χ1n) is 5.26. The molecule has 1 aromatic carbocycles. The predicted octanol–water partition coefficient (Wildman–Crippen LogP) is 2.79. The Morgan fingerprint density at radius 3 is 2.12 bits per heavy atom. The molecule has 6 heteroatoms. The van der Waals surface area contributed by atoms with Gasteiger partial charge in [0.1, 0.15) is 0 Å². The van der Waals surface area contributed by atoms with E-state index in [9.17, 15) is 4.79 Å². The quantitative estimate of drug-likeness (QED) is 0.857. The summed E-state index contributed by atoms with van der Waals surface area (Å²) in [4.78, 5) is 14.2. The van der Waals surface area contributed by atoms with Crippen molar-refractivity contribution in [2.45, 2.75) is 0 Å². The van der Waals surface area contributed by atoms with Crippen molar-refractivity contribution in [2.75, 3.05) is 31.1 Å². The van der Waals surface area contributed by atoms with Crippen LogP contribution in [0.15, 0.2) is 18.2 Å². The minimum absolute atomic E-state index is 0.469. The van der Waals surface area contributed by atoms with E-state index in [-0.39, 0.29) is 0 Å². The molecule has 0 spiro atoms. The highest BCUT2D eigenvalue weighted by Crippen LogP contribution is 2.33. The molecule has 0 saturated carbocycles. The van der Waals surface area contributed by atoms with Gasteiger partial charge < -0.3 is 14.9 Å². The maximum atomic E-state index is 10.8. The van der Waals surface area contributed by atoms with Crippen LogP contribution >= 0.6 is 23.2 Å². The number of hydrogen-bond donors (Lipinski definition) is 1. The second kappa shape index (κ2) is 5.02. The molecule has 92 valence electrons. The fourth-order valence-electron chi connectivity index (χ4n) is 1.91. The Balaban J connectivity index is 2.13. The molecular formula is C11H12Cl2N2O2. The van der Waals surface area contributed by atoms with Gasteiger partial charge in [-0.05, 0) is 12.1 Å². The Morgan fingerprint density at radius 1 is 1.12 bits per heavy atom. The molecule has 1 aliphatic rings. The third-order valence-electron chi connectivity index (χ3n) is 2.80.